The van der Waals surface area contributed by atoms with Crippen molar-refractivity contribution in [2.75, 3.05) is 17.3 Å². The molecule has 1 heterocycles. The summed E-state index contributed by atoms with van der Waals surface area (Å²) in [5.41, 5.74) is 2.55. The number of anilines is 2. The fraction of sp³-hybridized carbons (Fsp3) is 0.615. The first-order chi connectivity index (χ1) is 8.04. The summed E-state index contributed by atoms with van der Waals surface area (Å²) in [6.45, 7) is 9.99. The quantitative estimate of drug-likeness (QED) is 0.525. The Morgan fingerprint density at radius 1 is 1.12 bits per heavy atom. The van der Waals surface area contributed by atoms with Gasteiger partial charge in [0.15, 0.2) is 0 Å². The van der Waals surface area contributed by atoms with Crippen molar-refractivity contribution in [3.63, 3.8) is 0 Å². The number of aromatic nitrogens is 1. The molecule has 0 fully saturated rings. The Kier molecular flexibility index (Phi) is 5.22. The molecule has 0 radical (unpaired) electrons. The van der Waals surface area contributed by atoms with Crippen LogP contribution in [0.25, 0.3) is 0 Å². The van der Waals surface area contributed by atoms with Gasteiger partial charge in [0.2, 0.25) is 0 Å². The van der Waals surface area contributed by atoms with Gasteiger partial charge in [-0.15, -0.1) is 0 Å². The normalized spacial score (nSPS) is 11.3. The summed E-state index contributed by atoms with van der Waals surface area (Å²) in [6, 6.07) is 5.73. The van der Waals surface area contributed by atoms with E-state index in [4.69, 9.17) is 5.84 Å². The summed E-state index contributed by atoms with van der Waals surface area (Å²) in [5.74, 6) is 8.85. The summed E-state index contributed by atoms with van der Waals surface area (Å²) < 4.78 is 0. The van der Waals surface area contributed by atoms with Crippen molar-refractivity contribution in [3.8, 4) is 0 Å². The minimum Gasteiger partial charge on any atom is -0.370 e. The molecule has 0 bridgehead atoms. The predicted molar refractivity (Wildman–Crippen MR) is 73.7 cm³/mol. The number of hydrogen-bond acceptors (Lipinski definition) is 4. The van der Waals surface area contributed by atoms with Gasteiger partial charge < -0.3 is 10.7 Å². The molecule has 4 nitrogen and oxygen atoms in total. The van der Waals surface area contributed by atoms with E-state index in [9.17, 15) is 0 Å². The Labute approximate surface area is 104 Å². The molecule has 1 aromatic rings. The zero-order valence-electron chi connectivity index (χ0n) is 11.2. The second-order valence-electron chi connectivity index (χ2n) is 5.09. The van der Waals surface area contributed by atoms with Crippen LogP contribution >= 0.6 is 0 Å². The van der Waals surface area contributed by atoms with Crippen LogP contribution in [-0.4, -0.2) is 11.5 Å². The van der Waals surface area contributed by atoms with Gasteiger partial charge in [-0.2, -0.15) is 0 Å². The van der Waals surface area contributed by atoms with Crippen LogP contribution in [0.15, 0.2) is 18.2 Å². The molecule has 0 aliphatic carbocycles. The van der Waals surface area contributed by atoms with Gasteiger partial charge >= 0.3 is 0 Å². The van der Waals surface area contributed by atoms with Crippen LogP contribution in [0.5, 0.6) is 0 Å². The van der Waals surface area contributed by atoms with Gasteiger partial charge in [-0.25, -0.2) is 10.8 Å². The number of nitrogens with two attached hydrogens (primary N) is 1. The van der Waals surface area contributed by atoms with Crippen molar-refractivity contribution in [2.24, 2.45) is 23.6 Å². The lowest BCUT2D eigenvalue weighted by Gasteiger charge is -2.25. The van der Waals surface area contributed by atoms with Crippen molar-refractivity contribution in [3.05, 3.63) is 18.2 Å². The second-order valence-corrected chi connectivity index (χ2v) is 5.09. The Morgan fingerprint density at radius 3 is 2.24 bits per heavy atom. The largest absolute Gasteiger partial charge is 0.370 e. The van der Waals surface area contributed by atoms with Gasteiger partial charge in [0.05, 0.1) is 0 Å². The Bertz CT molecular complexity index is 328. The number of hydrazine groups is 1. The van der Waals surface area contributed by atoms with Gasteiger partial charge in [-0.3, -0.25) is 0 Å². The molecule has 4 N–H and O–H groups in total. The van der Waals surface area contributed by atoms with Crippen LogP contribution in [0.2, 0.25) is 0 Å². The zero-order chi connectivity index (χ0) is 12.8. The van der Waals surface area contributed by atoms with E-state index in [0.717, 1.165) is 12.4 Å². The van der Waals surface area contributed by atoms with Crippen LogP contribution in [0.1, 0.15) is 27.7 Å². The summed E-state index contributed by atoms with van der Waals surface area (Å²) in [5, 5.41) is 3.38. The van der Waals surface area contributed by atoms with E-state index in [2.05, 4.69) is 43.4 Å². The highest BCUT2D eigenvalue weighted by atomic mass is 15.3. The van der Waals surface area contributed by atoms with Crippen molar-refractivity contribution in [1.82, 2.24) is 4.98 Å². The highest BCUT2D eigenvalue weighted by Crippen LogP contribution is 2.21. The molecule has 0 aliphatic heterocycles. The van der Waals surface area contributed by atoms with Crippen LogP contribution in [0.3, 0.4) is 0 Å². The minimum absolute atomic E-state index is 0.645. The summed E-state index contributed by atoms with van der Waals surface area (Å²) in [6.07, 6.45) is 0. The third-order valence-electron chi connectivity index (χ3n) is 3.13. The number of hydrogen-bond donors (Lipinski definition) is 3. The van der Waals surface area contributed by atoms with Gasteiger partial charge in [0.1, 0.15) is 11.6 Å². The van der Waals surface area contributed by atoms with E-state index in [1.54, 1.807) is 0 Å². The molecule has 0 aliphatic rings. The van der Waals surface area contributed by atoms with E-state index < -0.39 is 0 Å². The molecule has 0 atom stereocenters. The first-order valence-corrected chi connectivity index (χ1v) is 6.22. The average Bonchev–Trinajstić information content (AvgIpc) is 2.28. The third kappa shape index (κ3) is 4.23. The fourth-order valence-corrected chi connectivity index (χ4v) is 2.08. The van der Waals surface area contributed by atoms with E-state index >= 15 is 0 Å². The molecule has 0 saturated carbocycles. The van der Waals surface area contributed by atoms with Crippen molar-refractivity contribution < 1.29 is 0 Å². The maximum absolute atomic E-state index is 5.33. The Hall–Kier alpha value is -1.29. The highest BCUT2D eigenvalue weighted by molar-refractivity contribution is 5.44. The minimum atomic E-state index is 0.645. The maximum atomic E-state index is 5.33. The first-order valence-electron chi connectivity index (χ1n) is 6.22. The van der Waals surface area contributed by atoms with E-state index in [1.165, 1.54) is 0 Å². The molecule has 96 valence electrons. The van der Waals surface area contributed by atoms with E-state index in [-0.39, 0.29) is 0 Å². The molecule has 17 heavy (non-hydrogen) atoms. The van der Waals surface area contributed by atoms with Crippen LogP contribution < -0.4 is 16.6 Å². The third-order valence-corrected chi connectivity index (χ3v) is 3.13. The maximum Gasteiger partial charge on any atom is 0.142 e. The summed E-state index contributed by atoms with van der Waals surface area (Å²) >= 11 is 0. The second kappa shape index (κ2) is 6.45. The number of nitrogen functional groups attached to an aromatic ring is 1. The summed E-state index contributed by atoms with van der Waals surface area (Å²) in [4.78, 5) is 4.33. The fourth-order valence-electron chi connectivity index (χ4n) is 2.08. The molecule has 0 saturated heterocycles. The van der Waals surface area contributed by atoms with Crippen molar-refractivity contribution in [2.45, 2.75) is 27.7 Å². The standard InChI is InChI=1S/C13H24N4/c1-9(2)11(10(3)4)8-15-12-6-5-7-13(16-12)17-14/h5-7,9-11H,8,14H2,1-4H3,(H2,15,16,17). The molecule has 0 aromatic carbocycles. The van der Waals surface area contributed by atoms with Crippen LogP contribution in [0, 0.1) is 17.8 Å². The molecular weight excluding hydrogens is 212 g/mol. The smallest absolute Gasteiger partial charge is 0.142 e. The topological polar surface area (TPSA) is 63.0 Å². The van der Waals surface area contributed by atoms with Crippen molar-refractivity contribution in [1.29, 1.82) is 0 Å². The number of nitrogens with zero attached hydrogens (tertiary/aromatic N) is 1. The Morgan fingerprint density at radius 2 is 1.71 bits per heavy atom. The molecule has 0 unspecified atom stereocenters. The predicted octanol–water partition coefficient (Wildman–Crippen LogP) is 2.71. The highest BCUT2D eigenvalue weighted by Gasteiger charge is 2.17. The zero-order valence-corrected chi connectivity index (χ0v) is 11.2. The molecule has 0 amide bonds. The summed E-state index contributed by atoms with van der Waals surface area (Å²) in [7, 11) is 0. The lowest BCUT2D eigenvalue weighted by molar-refractivity contribution is 0.304. The lowest BCUT2D eigenvalue weighted by Crippen LogP contribution is -2.25. The number of rotatable bonds is 6. The molecule has 1 aromatic heterocycles. The monoisotopic (exact) mass is 236 g/mol. The van der Waals surface area contributed by atoms with Gasteiger partial charge in [-0.1, -0.05) is 33.8 Å². The number of nitrogens with one attached hydrogen (secondary N) is 2. The van der Waals surface area contributed by atoms with Gasteiger partial charge in [-0.05, 0) is 29.9 Å². The molecule has 1 rings (SSSR count). The average molecular weight is 236 g/mol. The lowest BCUT2D eigenvalue weighted by atomic mass is 9.85. The molecular formula is C13H24N4. The van der Waals surface area contributed by atoms with Crippen LogP contribution in [-0.2, 0) is 0 Å². The van der Waals surface area contributed by atoms with E-state index in [1.807, 2.05) is 18.2 Å². The number of pyridine rings is 1. The van der Waals surface area contributed by atoms with E-state index in [0.29, 0.717) is 23.6 Å². The molecule has 0 spiro atoms. The first kappa shape index (κ1) is 13.8. The SMILES string of the molecule is CC(C)C(CNc1cccc(NN)n1)C(C)C. The van der Waals surface area contributed by atoms with Gasteiger partial charge in [0.25, 0.3) is 0 Å². The van der Waals surface area contributed by atoms with Gasteiger partial charge in [0, 0.05) is 6.54 Å². The van der Waals surface area contributed by atoms with Crippen LogP contribution in [0.4, 0.5) is 11.6 Å². The van der Waals surface area contributed by atoms with Crippen molar-refractivity contribution >= 4 is 11.6 Å². The molecule has 4 heteroatoms. The Balaban J connectivity index is 2.59.